The van der Waals surface area contributed by atoms with E-state index >= 15 is 0 Å². The number of benzene rings is 10. The standard InChI is InChI=1S/C56H37N3/c1-56(2)51-23-8-7-16-47(51)49-21-11-20-48(52(49)56)45-18-9-19-46-44(45)17-10-22-50(46)55-58-53(38-28-30-42-36(32-38)26-24-34-12-3-5-14-40(34)42)57-54(59-55)39-29-31-43-37(33-39)27-25-35-13-4-6-15-41(35)43/h3-33H,1-2H3. The van der Waals surface area contributed by atoms with Gasteiger partial charge in [-0.1, -0.05) is 190 Å². The van der Waals surface area contributed by atoms with E-state index in [2.05, 4.69) is 202 Å². The minimum atomic E-state index is -0.140. The molecule has 0 saturated carbocycles. The van der Waals surface area contributed by atoms with Gasteiger partial charge in [0, 0.05) is 22.1 Å². The Labute approximate surface area is 342 Å². The second-order valence-electron chi connectivity index (χ2n) is 16.4. The third kappa shape index (κ3) is 5.18. The molecule has 3 heteroatoms. The average Bonchev–Trinajstić information content (AvgIpc) is 3.53. The number of rotatable bonds is 4. The maximum Gasteiger partial charge on any atom is 0.164 e. The van der Waals surface area contributed by atoms with Crippen molar-refractivity contribution in [2.75, 3.05) is 0 Å². The van der Waals surface area contributed by atoms with E-state index in [9.17, 15) is 0 Å². The van der Waals surface area contributed by atoms with Crippen molar-refractivity contribution in [1.29, 1.82) is 0 Å². The molecular formula is C56H37N3. The van der Waals surface area contributed by atoms with Crippen molar-refractivity contribution in [3.63, 3.8) is 0 Å². The largest absolute Gasteiger partial charge is 0.208 e. The molecule has 0 atom stereocenters. The normalized spacial score (nSPS) is 13.1. The first-order chi connectivity index (χ1) is 29.0. The van der Waals surface area contributed by atoms with Gasteiger partial charge in [0.15, 0.2) is 17.5 Å². The highest BCUT2D eigenvalue weighted by Crippen LogP contribution is 2.53. The Morgan fingerprint density at radius 1 is 0.305 bits per heavy atom. The second kappa shape index (κ2) is 12.8. The van der Waals surface area contributed by atoms with E-state index in [0.717, 1.165) is 32.8 Å². The molecule has 10 aromatic carbocycles. The first-order valence-electron chi connectivity index (χ1n) is 20.4. The average molecular weight is 752 g/mol. The molecule has 0 N–H and O–H groups in total. The number of hydrogen-bond acceptors (Lipinski definition) is 3. The molecule has 0 bridgehead atoms. The summed E-state index contributed by atoms with van der Waals surface area (Å²) in [5.41, 5.74) is 10.6. The van der Waals surface area contributed by atoms with E-state index in [1.54, 1.807) is 0 Å². The molecule has 11 aromatic rings. The van der Waals surface area contributed by atoms with E-state index < -0.39 is 0 Å². The lowest BCUT2D eigenvalue weighted by Gasteiger charge is -2.25. The summed E-state index contributed by atoms with van der Waals surface area (Å²) in [6, 6.07) is 67.9. The first-order valence-corrected chi connectivity index (χ1v) is 20.4. The Balaban J connectivity index is 1.06. The maximum absolute atomic E-state index is 5.31. The molecular weight excluding hydrogens is 715 g/mol. The van der Waals surface area contributed by atoms with E-state index in [-0.39, 0.29) is 5.41 Å². The van der Waals surface area contributed by atoms with Gasteiger partial charge in [-0.3, -0.25) is 0 Å². The van der Waals surface area contributed by atoms with Gasteiger partial charge in [-0.05, 0) is 99.4 Å². The minimum absolute atomic E-state index is 0.140. The van der Waals surface area contributed by atoms with Crippen LogP contribution in [0.5, 0.6) is 0 Å². The van der Waals surface area contributed by atoms with Gasteiger partial charge >= 0.3 is 0 Å². The summed E-state index contributed by atoms with van der Waals surface area (Å²) in [7, 11) is 0. The number of nitrogens with zero attached hydrogens (tertiary/aromatic N) is 3. The summed E-state index contributed by atoms with van der Waals surface area (Å²) in [6.07, 6.45) is 0. The van der Waals surface area contributed by atoms with E-state index in [4.69, 9.17) is 15.0 Å². The van der Waals surface area contributed by atoms with Gasteiger partial charge < -0.3 is 0 Å². The summed E-state index contributed by atoms with van der Waals surface area (Å²) >= 11 is 0. The van der Waals surface area contributed by atoms with Crippen LogP contribution < -0.4 is 0 Å². The van der Waals surface area contributed by atoms with Crippen molar-refractivity contribution in [2.45, 2.75) is 19.3 Å². The van der Waals surface area contributed by atoms with Gasteiger partial charge in [0.2, 0.25) is 0 Å². The maximum atomic E-state index is 5.31. The van der Waals surface area contributed by atoms with Crippen molar-refractivity contribution in [3.05, 3.63) is 199 Å². The van der Waals surface area contributed by atoms with Crippen LogP contribution in [0.2, 0.25) is 0 Å². The number of fused-ring (bicyclic) bond motifs is 10. The van der Waals surface area contributed by atoms with Crippen LogP contribution in [0.4, 0.5) is 0 Å². The predicted octanol–water partition coefficient (Wildman–Crippen LogP) is 14.6. The van der Waals surface area contributed by atoms with Crippen molar-refractivity contribution in [2.24, 2.45) is 0 Å². The topological polar surface area (TPSA) is 38.7 Å². The Kier molecular flexibility index (Phi) is 7.27. The van der Waals surface area contributed by atoms with Crippen LogP contribution in [-0.4, -0.2) is 15.0 Å². The van der Waals surface area contributed by atoms with Gasteiger partial charge in [-0.25, -0.2) is 15.0 Å². The molecule has 1 aromatic heterocycles. The summed E-state index contributed by atoms with van der Waals surface area (Å²) < 4.78 is 0. The van der Waals surface area contributed by atoms with Crippen molar-refractivity contribution < 1.29 is 0 Å². The molecule has 0 radical (unpaired) electrons. The highest BCUT2D eigenvalue weighted by molar-refractivity contribution is 6.10. The van der Waals surface area contributed by atoms with Crippen LogP contribution in [0.3, 0.4) is 0 Å². The fourth-order valence-electron chi connectivity index (χ4n) is 9.87. The molecule has 0 saturated heterocycles. The van der Waals surface area contributed by atoms with Gasteiger partial charge in [0.1, 0.15) is 0 Å². The van der Waals surface area contributed by atoms with Gasteiger partial charge in [-0.2, -0.15) is 0 Å². The zero-order chi connectivity index (χ0) is 39.2. The number of hydrogen-bond donors (Lipinski definition) is 0. The minimum Gasteiger partial charge on any atom is -0.208 e. The predicted molar refractivity (Wildman–Crippen MR) is 247 cm³/mol. The zero-order valence-electron chi connectivity index (χ0n) is 32.7. The molecule has 0 fully saturated rings. The first kappa shape index (κ1) is 33.6. The van der Waals surface area contributed by atoms with Crippen LogP contribution in [0, 0.1) is 0 Å². The van der Waals surface area contributed by atoms with Crippen molar-refractivity contribution >= 4 is 53.9 Å². The molecule has 12 rings (SSSR count). The van der Waals surface area contributed by atoms with Crippen molar-refractivity contribution in [3.8, 4) is 56.4 Å². The highest BCUT2D eigenvalue weighted by atomic mass is 15.0. The Bertz CT molecular complexity index is 3410. The van der Waals surface area contributed by atoms with Gasteiger partial charge in [-0.15, -0.1) is 0 Å². The third-order valence-corrected chi connectivity index (χ3v) is 12.7. The highest BCUT2D eigenvalue weighted by Gasteiger charge is 2.37. The van der Waals surface area contributed by atoms with E-state index in [1.165, 1.54) is 71.1 Å². The van der Waals surface area contributed by atoms with Crippen LogP contribution in [0.1, 0.15) is 25.0 Å². The number of aromatic nitrogens is 3. The summed E-state index contributed by atoms with van der Waals surface area (Å²) in [6.45, 7) is 4.71. The van der Waals surface area contributed by atoms with E-state index in [0.29, 0.717) is 17.5 Å². The van der Waals surface area contributed by atoms with Crippen LogP contribution in [0.25, 0.3) is 110 Å². The fraction of sp³-hybridized carbons (Fsp3) is 0.0536. The fourth-order valence-corrected chi connectivity index (χ4v) is 9.87. The van der Waals surface area contributed by atoms with E-state index in [1.807, 2.05) is 0 Å². The lowest BCUT2D eigenvalue weighted by Crippen LogP contribution is -2.16. The summed E-state index contributed by atoms with van der Waals surface area (Å²) in [5.74, 6) is 1.94. The molecule has 1 aliphatic carbocycles. The quantitative estimate of drug-likeness (QED) is 0.168. The zero-order valence-corrected chi connectivity index (χ0v) is 32.7. The summed E-state index contributed by atoms with van der Waals surface area (Å²) in [4.78, 5) is 15.9. The molecule has 0 amide bonds. The molecule has 1 aliphatic rings. The lowest BCUT2D eigenvalue weighted by atomic mass is 9.78. The molecule has 3 nitrogen and oxygen atoms in total. The second-order valence-corrected chi connectivity index (χ2v) is 16.4. The SMILES string of the molecule is CC1(C)c2ccccc2-c2cccc(-c3cccc4c(-c5nc(-c6ccc7c(ccc8ccccc87)c6)nc(-c6ccc7c(ccc8ccccc87)c6)n5)cccc34)c21. The Morgan fingerprint density at radius 2 is 0.729 bits per heavy atom. The van der Waals surface area contributed by atoms with Crippen LogP contribution in [0.15, 0.2) is 188 Å². The lowest BCUT2D eigenvalue weighted by molar-refractivity contribution is 0.662. The Morgan fingerprint density at radius 3 is 1.37 bits per heavy atom. The molecule has 59 heavy (non-hydrogen) atoms. The van der Waals surface area contributed by atoms with Gasteiger partial charge in [0.25, 0.3) is 0 Å². The third-order valence-electron chi connectivity index (χ3n) is 12.7. The smallest absolute Gasteiger partial charge is 0.164 e. The molecule has 276 valence electrons. The van der Waals surface area contributed by atoms with Crippen molar-refractivity contribution in [1.82, 2.24) is 15.0 Å². The summed E-state index contributed by atoms with van der Waals surface area (Å²) in [5, 5.41) is 11.9. The molecule has 1 heterocycles. The van der Waals surface area contributed by atoms with Crippen LogP contribution >= 0.6 is 0 Å². The Hall–Kier alpha value is -7.49. The molecule has 0 unspecified atom stereocenters. The van der Waals surface area contributed by atoms with Crippen LogP contribution in [-0.2, 0) is 5.41 Å². The van der Waals surface area contributed by atoms with Gasteiger partial charge in [0.05, 0.1) is 0 Å². The molecule has 0 spiro atoms. The monoisotopic (exact) mass is 751 g/mol. The molecule has 0 aliphatic heterocycles.